The highest BCUT2D eigenvalue weighted by atomic mass is 16.2. The van der Waals surface area contributed by atoms with Gasteiger partial charge in [0.05, 0.1) is 12.0 Å². The third-order valence-corrected chi connectivity index (χ3v) is 5.88. The number of likely N-dealkylation sites (tertiary alicyclic amines) is 1. The number of carbonyl (C=O) groups is 1. The average molecular weight is 353 g/mol. The van der Waals surface area contributed by atoms with Gasteiger partial charge in [-0.2, -0.15) is 0 Å². The van der Waals surface area contributed by atoms with Gasteiger partial charge in [0.1, 0.15) is 6.04 Å². The molecule has 26 heavy (non-hydrogen) atoms. The molecule has 1 atom stereocenters. The van der Waals surface area contributed by atoms with Crippen LogP contribution in [0.2, 0.25) is 0 Å². The molecule has 2 aromatic rings. The number of aromatic amines is 1. The quantitative estimate of drug-likeness (QED) is 0.917. The van der Waals surface area contributed by atoms with E-state index in [1.54, 1.807) is 18.7 Å². The number of H-pyrrole nitrogens is 1. The van der Waals surface area contributed by atoms with Gasteiger partial charge in [-0.3, -0.25) is 9.78 Å². The fourth-order valence-corrected chi connectivity index (χ4v) is 4.30. The highest BCUT2D eigenvalue weighted by molar-refractivity contribution is 5.78. The summed E-state index contributed by atoms with van der Waals surface area (Å²) >= 11 is 0. The molecule has 0 aromatic carbocycles. The van der Waals surface area contributed by atoms with Crippen molar-refractivity contribution < 1.29 is 4.79 Å². The van der Waals surface area contributed by atoms with Crippen LogP contribution in [0, 0.1) is 5.92 Å². The van der Waals surface area contributed by atoms with Crippen LogP contribution in [0.3, 0.4) is 0 Å². The van der Waals surface area contributed by atoms with E-state index in [1.165, 1.54) is 0 Å². The van der Waals surface area contributed by atoms with Crippen LogP contribution in [0.25, 0.3) is 0 Å². The Hall–Kier alpha value is -2.21. The minimum atomic E-state index is -0.101. The van der Waals surface area contributed by atoms with E-state index in [1.807, 2.05) is 17.0 Å². The molecular weight excluding hydrogens is 326 g/mol. The largest absolute Gasteiger partial charge is 0.348 e. The van der Waals surface area contributed by atoms with Gasteiger partial charge in [0.15, 0.2) is 0 Å². The Labute approximate surface area is 154 Å². The second-order valence-corrected chi connectivity index (χ2v) is 7.37. The Kier molecular flexibility index (Phi) is 5.02. The fraction of sp³-hybridized carbons (Fsp3) is 0.550. The molecule has 1 saturated heterocycles. The Morgan fingerprint density at radius 1 is 1.23 bits per heavy atom. The number of imidazole rings is 1. The first-order chi connectivity index (χ1) is 12.8. The highest BCUT2D eigenvalue weighted by Gasteiger charge is 2.35. The van der Waals surface area contributed by atoms with E-state index in [4.69, 9.17) is 0 Å². The van der Waals surface area contributed by atoms with Crippen LogP contribution in [0.5, 0.6) is 0 Å². The molecule has 0 radical (unpaired) electrons. The van der Waals surface area contributed by atoms with Crippen molar-refractivity contribution in [2.24, 2.45) is 5.92 Å². The molecule has 1 N–H and O–H groups in total. The van der Waals surface area contributed by atoms with Gasteiger partial charge in [-0.05, 0) is 56.1 Å². The number of nitrogens with zero attached hydrogens (tertiary/aromatic N) is 4. The van der Waals surface area contributed by atoms with Crippen molar-refractivity contribution in [1.82, 2.24) is 24.8 Å². The Balaban J connectivity index is 1.52. The summed E-state index contributed by atoms with van der Waals surface area (Å²) in [6, 6.07) is 3.89. The topological polar surface area (TPSA) is 65.1 Å². The summed E-state index contributed by atoms with van der Waals surface area (Å²) in [7, 11) is 0. The van der Waals surface area contributed by atoms with Crippen LogP contribution in [-0.2, 0) is 11.2 Å². The van der Waals surface area contributed by atoms with E-state index in [2.05, 4.69) is 26.8 Å². The first-order valence-corrected chi connectivity index (χ1v) is 9.70. The second-order valence-electron chi connectivity index (χ2n) is 7.37. The summed E-state index contributed by atoms with van der Waals surface area (Å²) < 4.78 is 0. The van der Waals surface area contributed by atoms with E-state index in [9.17, 15) is 4.79 Å². The lowest BCUT2D eigenvalue weighted by Crippen LogP contribution is -2.42. The van der Waals surface area contributed by atoms with Crippen molar-refractivity contribution in [3.63, 3.8) is 0 Å². The molecule has 4 rings (SSSR count). The lowest BCUT2D eigenvalue weighted by atomic mass is 9.91. The third-order valence-electron chi connectivity index (χ3n) is 5.88. The van der Waals surface area contributed by atoms with Crippen LogP contribution in [-0.4, -0.2) is 56.8 Å². The van der Waals surface area contributed by atoms with Gasteiger partial charge in [-0.25, -0.2) is 4.98 Å². The molecule has 138 valence electrons. The third kappa shape index (κ3) is 3.38. The molecule has 1 amide bonds. The summed E-state index contributed by atoms with van der Waals surface area (Å²) in [6.45, 7) is 6.30. The van der Waals surface area contributed by atoms with E-state index < -0.39 is 0 Å². The summed E-state index contributed by atoms with van der Waals surface area (Å²) in [5.41, 5.74) is 3.21. The van der Waals surface area contributed by atoms with Gasteiger partial charge < -0.3 is 14.8 Å². The lowest BCUT2D eigenvalue weighted by Gasteiger charge is -2.37. The number of hydrogen-bond acceptors (Lipinski definition) is 4. The zero-order valence-electron chi connectivity index (χ0n) is 15.4. The number of amides is 1. The predicted molar refractivity (Wildman–Crippen MR) is 99.5 cm³/mol. The predicted octanol–water partition coefficient (Wildman–Crippen LogP) is 2.40. The number of rotatable bonds is 4. The number of fused-ring (bicyclic) bond motifs is 1. The van der Waals surface area contributed by atoms with Crippen LogP contribution in [0.15, 0.2) is 30.9 Å². The maximum Gasteiger partial charge on any atom is 0.223 e. The minimum Gasteiger partial charge on any atom is -0.348 e. The second kappa shape index (κ2) is 7.58. The van der Waals surface area contributed by atoms with E-state index >= 15 is 0 Å². The fourth-order valence-electron chi connectivity index (χ4n) is 4.30. The number of carbonyl (C=O) groups excluding carboxylic acids is 1. The van der Waals surface area contributed by atoms with Crippen LogP contribution in [0.1, 0.15) is 49.2 Å². The average Bonchev–Trinajstić information content (AvgIpc) is 3.17. The Morgan fingerprint density at radius 2 is 2.00 bits per heavy atom. The molecule has 1 fully saturated rings. The molecule has 6 nitrogen and oxygen atoms in total. The molecule has 4 heterocycles. The summed E-state index contributed by atoms with van der Waals surface area (Å²) in [5, 5.41) is 0. The summed E-state index contributed by atoms with van der Waals surface area (Å²) in [5.74, 6) is 0.763. The summed E-state index contributed by atoms with van der Waals surface area (Å²) in [6.07, 6.45) is 9.07. The highest BCUT2D eigenvalue weighted by Crippen LogP contribution is 2.34. The Morgan fingerprint density at radius 3 is 2.73 bits per heavy atom. The Bertz CT molecular complexity index is 736. The molecule has 0 aliphatic carbocycles. The van der Waals surface area contributed by atoms with Crippen molar-refractivity contribution >= 4 is 5.91 Å². The SMILES string of the molecule is CCN1CCC(CC(=O)N2CCc3[nH]cnc3[C@H]2c2ccncc2)CC1. The van der Waals surface area contributed by atoms with Gasteiger partial charge in [-0.15, -0.1) is 0 Å². The standard InChI is InChI=1S/C20H27N5O/c1-2-24-10-5-15(6-11-24)13-18(26)25-12-7-17-19(23-14-22-17)20(25)16-3-8-21-9-4-16/h3-4,8-9,14-15,20H,2,5-7,10-13H2,1H3,(H,22,23)/t20-/m1/s1. The summed E-state index contributed by atoms with van der Waals surface area (Å²) in [4.78, 5) is 29.6. The van der Waals surface area contributed by atoms with Gasteiger partial charge in [-0.1, -0.05) is 6.92 Å². The van der Waals surface area contributed by atoms with Crippen molar-refractivity contribution in [2.45, 2.75) is 38.6 Å². The van der Waals surface area contributed by atoms with Gasteiger partial charge >= 0.3 is 0 Å². The molecule has 2 aromatic heterocycles. The zero-order valence-corrected chi connectivity index (χ0v) is 15.4. The van der Waals surface area contributed by atoms with E-state index in [-0.39, 0.29) is 11.9 Å². The van der Waals surface area contributed by atoms with Crippen LogP contribution < -0.4 is 0 Å². The molecule has 2 aliphatic rings. The molecule has 0 spiro atoms. The molecule has 0 bridgehead atoms. The van der Waals surface area contributed by atoms with Gasteiger partial charge in [0.25, 0.3) is 0 Å². The molecule has 2 aliphatic heterocycles. The number of nitrogens with one attached hydrogen (secondary N) is 1. The normalized spacial score (nSPS) is 21.6. The molecular formula is C20H27N5O. The van der Waals surface area contributed by atoms with Gasteiger partial charge in [0, 0.05) is 37.5 Å². The first-order valence-electron chi connectivity index (χ1n) is 9.70. The van der Waals surface area contributed by atoms with Crippen molar-refractivity contribution in [3.05, 3.63) is 47.8 Å². The smallest absolute Gasteiger partial charge is 0.223 e. The number of aromatic nitrogens is 3. The van der Waals surface area contributed by atoms with Crippen LogP contribution in [0.4, 0.5) is 0 Å². The monoisotopic (exact) mass is 353 g/mol. The lowest BCUT2D eigenvalue weighted by molar-refractivity contribution is -0.134. The number of pyridine rings is 1. The molecule has 0 saturated carbocycles. The van der Waals surface area contributed by atoms with Crippen molar-refractivity contribution in [3.8, 4) is 0 Å². The van der Waals surface area contributed by atoms with E-state index in [0.29, 0.717) is 12.3 Å². The number of piperidine rings is 1. The molecule has 0 unspecified atom stereocenters. The van der Waals surface area contributed by atoms with Crippen molar-refractivity contribution in [1.29, 1.82) is 0 Å². The molecule has 6 heteroatoms. The minimum absolute atomic E-state index is 0.101. The van der Waals surface area contributed by atoms with Crippen molar-refractivity contribution in [2.75, 3.05) is 26.2 Å². The van der Waals surface area contributed by atoms with E-state index in [0.717, 1.165) is 62.4 Å². The van der Waals surface area contributed by atoms with Crippen LogP contribution >= 0.6 is 0 Å². The first kappa shape index (κ1) is 17.2. The maximum absolute atomic E-state index is 13.2. The maximum atomic E-state index is 13.2. The number of hydrogen-bond donors (Lipinski definition) is 1. The zero-order chi connectivity index (χ0) is 17.9. The van der Waals surface area contributed by atoms with Gasteiger partial charge in [0.2, 0.25) is 5.91 Å².